The van der Waals surface area contributed by atoms with Crippen LogP contribution in [0.3, 0.4) is 0 Å². The van der Waals surface area contributed by atoms with E-state index in [-0.39, 0.29) is 0 Å². The van der Waals surface area contributed by atoms with Crippen LogP contribution in [0.25, 0.3) is 0 Å². The van der Waals surface area contributed by atoms with Gasteiger partial charge in [-0.3, -0.25) is 4.21 Å². The van der Waals surface area contributed by atoms with E-state index >= 15 is 0 Å². The highest BCUT2D eigenvalue weighted by Crippen LogP contribution is 2.24. The second kappa shape index (κ2) is 4.85. The summed E-state index contributed by atoms with van der Waals surface area (Å²) in [5.41, 5.74) is 1.06. The summed E-state index contributed by atoms with van der Waals surface area (Å²) in [5, 5.41) is 0. The molecule has 0 aliphatic rings. The summed E-state index contributed by atoms with van der Waals surface area (Å²) >= 11 is -0.792. The Kier molecular flexibility index (Phi) is 4.05. The van der Waals surface area contributed by atoms with Gasteiger partial charge in [0.05, 0.1) is 10.8 Å². The van der Waals surface area contributed by atoms with Crippen LogP contribution < -0.4 is 0 Å². The molecule has 0 aliphatic heterocycles. The normalized spacial score (nSPS) is 13.2. The minimum atomic E-state index is -2.10. The Morgan fingerprint density at radius 2 is 2.38 bits per heavy atom. The summed E-state index contributed by atoms with van der Waals surface area (Å²) in [6, 6.07) is 1.71. The van der Waals surface area contributed by atoms with Gasteiger partial charge in [-0.1, -0.05) is 0 Å². The van der Waals surface area contributed by atoms with Gasteiger partial charge in [-0.05, 0) is 36.1 Å². The van der Waals surface area contributed by atoms with Crippen LogP contribution in [0.2, 0.25) is 0 Å². The number of thiophene rings is 1. The van der Waals surface area contributed by atoms with Crippen molar-refractivity contribution in [1.82, 2.24) is 0 Å². The van der Waals surface area contributed by atoms with Gasteiger partial charge in [0.2, 0.25) is 0 Å². The SMILES string of the molecule is COCCc1cc(S(=O)[O-])sc1C. The molecule has 0 bridgehead atoms. The molecule has 3 nitrogen and oxygen atoms in total. The van der Waals surface area contributed by atoms with Crippen LogP contribution in [0.15, 0.2) is 10.3 Å². The molecule has 13 heavy (non-hydrogen) atoms. The summed E-state index contributed by atoms with van der Waals surface area (Å²) in [4.78, 5) is 1.05. The van der Waals surface area contributed by atoms with Gasteiger partial charge in [0, 0.05) is 12.0 Å². The van der Waals surface area contributed by atoms with E-state index in [1.54, 1.807) is 13.2 Å². The van der Waals surface area contributed by atoms with Crippen LogP contribution in [0.4, 0.5) is 0 Å². The zero-order valence-corrected chi connectivity index (χ0v) is 9.17. The van der Waals surface area contributed by atoms with E-state index in [1.807, 2.05) is 6.92 Å². The summed E-state index contributed by atoms with van der Waals surface area (Å²) in [7, 11) is 1.63. The molecule has 74 valence electrons. The minimum absolute atomic E-state index is 0.406. The molecule has 1 aromatic rings. The molecule has 0 N–H and O–H groups in total. The molecule has 1 heterocycles. The highest BCUT2D eigenvalue weighted by atomic mass is 32.2. The summed E-state index contributed by atoms with van der Waals surface area (Å²) in [6.07, 6.45) is 0.774. The van der Waals surface area contributed by atoms with Crippen molar-refractivity contribution >= 4 is 22.4 Å². The van der Waals surface area contributed by atoms with E-state index in [2.05, 4.69) is 0 Å². The first kappa shape index (κ1) is 10.8. The van der Waals surface area contributed by atoms with Gasteiger partial charge in [0.15, 0.2) is 0 Å². The maximum absolute atomic E-state index is 10.6. The third-order valence-corrected chi connectivity index (χ3v) is 3.73. The minimum Gasteiger partial charge on any atom is -0.768 e. The Hall–Kier alpha value is -0.230. The van der Waals surface area contributed by atoms with Crippen molar-refractivity contribution in [3.05, 3.63) is 16.5 Å². The molecule has 1 rings (SSSR count). The zero-order valence-electron chi connectivity index (χ0n) is 7.53. The van der Waals surface area contributed by atoms with Gasteiger partial charge < -0.3 is 9.29 Å². The third kappa shape index (κ3) is 2.87. The number of rotatable bonds is 4. The highest BCUT2D eigenvalue weighted by molar-refractivity contribution is 7.81. The van der Waals surface area contributed by atoms with Crippen LogP contribution in [-0.4, -0.2) is 22.5 Å². The van der Waals surface area contributed by atoms with Crippen molar-refractivity contribution < 1.29 is 13.5 Å². The Morgan fingerprint density at radius 1 is 1.69 bits per heavy atom. The average molecular weight is 219 g/mol. The lowest BCUT2D eigenvalue weighted by atomic mass is 10.2. The summed E-state index contributed by atoms with van der Waals surface area (Å²) < 4.78 is 26.6. The number of hydrogen-bond acceptors (Lipinski definition) is 4. The molecule has 0 fully saturated rings. The molecule has 1 unspecified atom stereocenters. The Labute approximate surface area is 84.0 Å². The van der Waals surface area contributed by atoms with Crippen LogP contribution in [0.5, 0.6) is 0 Å². The van der Waals surface area contributed by atoms with E-state index in [9.17, 15) is 8.76 Å². The van der Waals surface area contributed by atoms with Gasteiger partial charge in [-0.25, -0.2) is 0 Å². The molecule has 0 aromatic carbocycles. The van der Waals surface area contributed by atoms with E-state index in [0.29, 0.717) is 10.8 Å². The monoisotopic (exact) mass is 219 g/mol. The molecular weight excluding hydrogens is 208 g/mol. The summed E-state index contributed by atoms with van der Waals surface area (Å²) in [6.45, 7) is 2.55. The lowest BCUT2D eigenvalue weighted by molar-refractivity contribution is 0.202. The lowest BCUT2D eigenvalue weighted by Gasteiger charge is -1.98. The van der Waals surface area contributed by atoms with E-state index < -0.39 is 11.1 Å². The van der Waals surface area contributed by atoms with Crippen LogP contribution in [0.1, 0.15) is 10.4 Å². The predicted molar refractivity (Wildman–Crippen MR) is 51.8 cm³/mol. The Balaban J connectivity index is 2.77. The van der Waals surface area contributed by atoms with Crippen molar-refractivity contribution in [3.8, 4) is 0 Å². The molecule has 0 aliphatic carbocycles. The predicted octanol–water partition coefficient (Wildman–Crippen LogP) is 1.48. The van der Waals surface area contributed by atoms with Crippen LogP contribution in [0, 0.1) is 6.92 Å². The first-order chi connectivity index (χ1) is 6.15. The van der Waals surface area contributed by atoms with Crippen molar-refractivity contribution in [2.75, 3.05) is 13.7 Å². The van der Waals surface area contributed by atoms with Gasteiger partial charge in [-0.15, -0.1) is 11.3 Å². The van der Waals surface area contributed by atoms with Crippen molar-refractivity contribution in [2.24, 2.45) is 0 Å². The first-order valence-corrected chi connectivity index (χ1v) is 5.71. The van der Waals surface area contributed by atoms with Crippen LogP contribution >= 0.6 is 11.3 Å². The Bertz CT molecular complexity index is 306. The highest BCUT2D eigenvalue weighted by Gasteiger charge is 2.05. The van der Waals surface area contributed by atoms with Crippen LogP contribution in [-0.2, 0) is 22.2 Å². The van der Waals surface area contributed by atoms with Gasteiger partial charge in [0.25, 0.3) is 0 Å². The molecule has 5 heteroatoms. The Morgan fingerprint density at radius 3 is 2.85 bits per heavy atom. The van der Waals surface area contributed by atoms with Gasteiger partial charge in [0.1, 0.15) is 0 Å². The first-order valence-electron chi connectivity index (χ1n) is 3.82. The molecule has 0 spiro atoms. The molecule has 1 atom stereocenters. The summed E-state index contributed by atoms with van der Waals surface area (Å²) in [5.74, 6) is 0. The van der Waals surface area contributed by atoms with E-state index in [0.717, 1.165) is 16.9 Å². The second-order valence-corrected chi connectivity index (χ2v) is 5.05. The third-order valence-electron chi connectivity index (χ3n) is 1.74. The maximum Gasteiger partial charge on any atom is 0.0777 e. The van der Waals surface area contributed by atoms with E-state index in [1.165, 1.54) is 11.3 Å². The number of hydrogen-bond donors (Lipinski definition) is 0. The topological polar surface area (TPSA) is 49.4 Å². The molecule has 0 radical (unpaired) electrons. The average Bonchev–Trinajstić information content (AvgIpc) is 2.44. The quantitative estimate of drug-likeness (QED) is 0.721. The molecule has 0 amide bonds. The maximum atomic E-state index is 10.6. The lowest BCUT2D eigenvalue weighted by Crippen LogP contribution is -1.93. The van der Waals surface area contributed by atoms with Gasteiger partial charge >= 0.3 is 0 Å². The number of methoxy groups -OCH3 is 1. The fourth-order valence-corrected chi connectivity index (χ4v) is 2.71. The molecular formula is C8H11O3S2-. The molecule has 1 aromatic heterocycles. The van der Waals surface area contributed by atoms with Crippen molar-refractivity contribution in [1.29, 1.82) is 0 Å². The largest absolute Gasteiger partial charge is 0.768 e. The molecule has 0 saturated carbocycles. The van der Waals surface area contributed by atoms with E-state index in [4.69, 9.17) is 4.74 Å². The van der Waals surface area contributed by atoms with Gasteiger partial charge in [-0.2, -0.15) is 0 Å². The smallest absolute Gasteiger partial charge is 0.0777 e. The number of ether oxygens (including phenoxy) is 1. The fourth-order valence-electron chi connectivity index (χ4n) is 1.03. The van der Waals surface area contributed by atoms with Crippen molar-refractivity contribution in [2.45, 2.75) is 17.6 Å². The number of aryl methyl sites for hydroxylation is 1. The standard InChI is InChI=1S/C8H12O3S2/c1-6-7(3-4-11-2)5-8(12-6)13(9)10/h5H,3-4H2,1-2H3,(H,9,10)/p-1. The van der Waals surface area contributed by atoms with Crippen molar-refractivity contribution in [3.63, 3.8) is 0 Å². The fraction of sp³-hybridized carbons (Fsp3) is 0.500. The molecule has 0 saturated heterocycles. The zero-order chi connectivity index (χ0) is 9.84. The second-order valence-electron chi connectivity index (χ2n) is 2.62.